The fourth-order valence-corrected chi connectivity index (χ4v) is 4.13. The minimum Gasteiger partial charge on any atom is -0.478 e. The lowest BCUT2D eigenvalue weighted by molar-refractivity contribution is 0.0209. The van der Waals surface area contributed by atoms with Crippen molar-refractivity contribution in [3.63, 3.8) is 0 Å². The van der Waals surface area contributed by atoms with Crippen LogP contribution in [0.3, 0.4) is 0 Å². The highest BCUT2D eigenvalue weighted by molar-refractivity contribution is 5.88. The van der Waals surface area contributed by atoms with E-state index in [4.69, 9.17) is 5.11 Å². The summed E-state index contributed by atoms with van der Waals surface area (Å²) in [5, 5.41) is 20.3. The third kappa shape index (κ3) is 1.67. The van der Waals surface area contributed by atoms with E-state index in [0.29, 0.717) is 12.0 Å². The van der Waals surface area contributed by atoms with E-state index in [1.54, 1.807) is 12.1 Å². The normalized spacial score (nSPS) is 29.4. The highest BCUT2D eigenvalue weighted by Gasteiger charge is 2.53. The monoisotopic (exact) mass is 280 g/mol. The number of hydrogen-bond donors (Lipinski definition) is 2. The second-order valence-electron chi connectivity index (χ2n) is 6.13. The van der Waals surface area contributed by atoms with Crippen molar-refractivity contribution in [2.75, 3.05) is 0 Å². The van der Waals surface area contributed by atoms with Gasteiger partial charge in [-0.3, -0.25) is 0 Å². The summed E-state index contributed by atoms with van der Waals surface area (Å²) in [5.74, 6) is -0.559. The molecule has 106 valence electrons. The van der Waals surface area contributed by atoms with Crippen LogP contribution in [0.4, 0.5) is 0 Å². The molecule has 21 heavy (non-hydrogen) atoms. The number of carboxylic acid groups (broad SMARTS) is 1. The summed E-state index contributed by atoms with van der Waals surface area (Å²) in [4.78, 5) is 11.1. The van der Waals surface area contributed by atoms with Crippen LogP contribution in [0, 0.1) is 0 Å². The fraction of sp³-hybridized carbons (Fsp3) is 0.278. The Bertz CT molecular complexity index is 722. The van der Waals surface area contributed by atoms with Crippen molar-refractivity contribution in [3.05, 3.63) is 70.8 Å². The molecule has 3 nitrogen and oxygen atoms in total. The first kappa shape index (κ1) is 12.6. The van der Waals surface area contributed by atoms with Gasteiger partial charge in [0.2, 0.25) is 0 Å². The molecule has 2 aliphatic carbocycles. The van der Waals surface area contributed by atoms with Crippen molar-refractivity contribution in [2.45, 2.75) is 30.3 Å². The highest BCUT2D eigenvalue weighted by Crippen LogP contribution is 2.61. The zero-order valence-electron chi connectivity index (χ0n) is 11.5. The lowest BCUT2D eigenvalue weighted by Gasteiger charge is -2.34. The van der Waals surface area contributed by atoms with Crippen LogP contribution in [0.1, 0.15) is 51.7 Å². The summed E-state index contributed by atoms with van der Waals surface area (Å²) >= 11 is 0. The maximum absolute atomic E-state index is 11.2. The Morgan fingerprint density at radius 3 is 2.57 bits per heavy atom. The Hall–Kier alpha value is -2.13. The minimum absolute atomic E-state index is 0.0720. The van der Waals surface area contributed by atoms with Gasteiger partial charge in [0.15, 0.2) is 0 Å². The van der Waals surface area contributed by atoms with Crippen molar-refractivity contribution in [1.82, 2.24) is 0 Å². The molecule has 0 amide bonds. The molecular formula is C18H16O3. The van der Waals surface area contributed by atoms with Crippen LogP contribution < -0.4 is 0 Å². The largest absolute Gasteiger partial charge is 0.478 e. The van der Waals surface area contributed by atoms with E-state index in [-0.39, 0.29) is 11.8 Å². The van der Waals surface area contributed by atoms with Gasteiger partial charge in [0.25, 0.3) is 0 Å². The topological polar surface area (TPSA) is 57.5 Å². The summed E-state index contributed by atoms with van der Waals surface area (Å²) in [7, 11) is 0. The van der Waals surface area contributed by atoms with Crippen molar-refractivity contribution < 1.29 is 15.0 Å². The number of fused-ring (bicyclic) bond motifs is 5. The molecule has 2 aliphatic rings. The molecule has 0 spiro atoms. The first-order valence-corrected chi connectivity index (χ1v) is 7.24. The van der Waals surface area contributed by atoms with Gasteiger partial charge in [0.05, 0.1) is 11.2 Å². The van der Waals surface area contributed by atoms with Gasteiger partial charge in [0.1, 0.15) is 0 Å². The molecule has 0 radical (unpaired) electrons. The average molecular weight is 280 g/mol. The molecule has 4 rings (SSSR count). The molecule has 0 aromatic heterocycles. The third-order valence-corrected chi connectivity index (χ3v) is 5.08. The van der Waals surface area contributed by atoms with Gasteiger partial charge in [-0.25, -0.2) is 4.79 Å². The van der Waals surface area contributed by atoms with Crippen LogP contribution in [0.15, 0.2) is 48.5 Å². The predicted molar refractivity (Wildman–Crippen MR) is 78.5 cm³/mol. The van der Waals surface area contributed by atoms with E-state index in [1.807, 2.05) is 36.4 Å². The molecule has 0 aliphatic heterocycles. The van der Waals surface area contributed by atoms with E-state index >= 15 is 0 Å². The van der Waals surface area contributed by atoms with E-state index in [0.717, 1.165) is 23.1 Å². The molecule has 3 atom stereocenters. The Morgan fingerprint density at radius 2 is 1.86 bits per heavy atom. The Labute approximate surface area is 122 Å². The molecular weight excluding hydrogens is 264 g/mol. The van der Waals surface area contributed by atoms with Crippen molar-refractivity contribution in [1.29, 1.82) is 0 Å². The first-order chi connectivity index (χ1) is 10.1. The average Bonchev–Trinajstić information content (AvgIpc) is 3.04. The molecule has 2 N–H and O–H groups in total. The number of hydrogen-bond acceptors (Lipinski definition) is 2. The van der Waals surface area contributed by atoms with Crippen LogP contribution >= 0.6 is 0 Å². The zero-order chi connectivity index (χ0) is 14.6. The smallest absolute Gasteiger partial charge is 0.335 e. The Morgan fingerprint density at radius 1 is 1.10 bits per heavy atom. The standard InChI is InChI=1S/C18H16O3/c19-17(20)11-6-7-14-15(8-11)12-9-16(14)18(21,10-12)13-4-2-1-3-5-13/h1-8,12,16,21H,9-10H2,(H,19,20)/t12-,16-,18+/m1/s1. The van der Waals surface area contributed by atoms with Gasteiger partial charge in [0, 0.05) is 5.92 Å². The molecule has 0 unspecified atom stereocenters. The van der Waals surface area contributed by atoms with E-state index in [9.17, 15) is 9.90 Å². The molecule has 2 aromatic rings. The molecule has 2 bridgehead atoms. The van der Waals surface area contributed by atoms with Gasteiger partial charge >= 0.3 is 5.97 Å². The van der Waals surface area contributed by atoms with Crippen molar-refractivity contribution in [2.24, 2.45) is 0 Å². The summed E-state index contributed by atoms with van der Waals surface area (Å²) < 4.78 is 0. The Kier molecular flexibility index (Phi) is 2.51. The molecule has 1 saturated carbocycles. The number of carboxylic acids is 1. The second kappa shape index (κ2) is 4.18. The van der Waals surface area contributed by atoms with Crippen LogP contribution in [-0.2, 0) is 5.60 Å². The maximum Gasteiger partial charge on any atom is 0.335 e. The predicted octanol–water partition coefficient (Wildman–Crippen LogP) is 3.25. The van der Waals surface area contributed by atoms with Crippen LogP contribution in [0.25, 0.3) is 0 Å². The van der Waals surface area contributed by atoms with Crippen LogP contribution in [-0.4, -0.2) is 16.2 Å². The van der Waals surface area contributed by atoms with Gasteiger partial charge in [-0.15, -0.1) is 0 Å². The van der Waals surface area contributed by atoms with E-state index in [2.05, 4.69) is 0 Å². The van der Waals surface area contributed by atoms with Crippen molar-refractivity contribution >= 4 is 5.97 Å². The number of carbonyl (C=O) groups is 1. The lowest BCUT2D eigenvalue weighted by Crippen LogP contribution is -2.31. The molecule has 2 aromatic carbocycles. The third-order valence-electron chi connectivity index (χ3n) is 5.08. The summed E-state index contributed by atoms with van der Waals surface area (Å²) in [5.41, 5.74) is 2.71. The maximum atomic E-state index is 11.2. The summed E-state index contributed by atoms with van der Waals surface area (Å²) in [6, 6.07) is 15.1. The summed E-state index contributed by atoms with van der Waals surface area (Å²) in [6.07, 6.45) is 1.58. The molecule has 1 fully saturated rings. The molecule has 3 heteroatoms. The minimum atomic E-state index is -0.890. The fourth-order valence-electron chi connectivity index (χ4n) is 4.13. The summed E-state index contributed by atoms with van der Waals surface area (Å²) in [6.45, 7) is 0. The second-order valence-corrected chi connectivity index (χ2v) is 6.13. The number of aromatic carboxylic acids is 1. The van der Waals surface area contributed by atoms with E-state index in [1.165, 1.54) is 0 Å². The molecule has 0 saturated heterocycles. The van der Waals surface area contributed by atoms with Crippen LogP contribution in [0.5, 0.6) is 0 Å². The Balaban J connectivity index is 1.79. The van der Waals surface area contributed by atoms with Gasteiger partial charge in [-0.05, 0) is 47.6 Å². The van der Waals surface area contributed by atoms with Crippen LogP contribution in [0.2, 0.25) is 0 Å². The zero-order valence-corrected chi connectivity index (χ0v) is 11.5. The number of aliphatic hydroxyl groups is 1. The van der Waals surface area contributed by atoms with Gasteiger partial charge in [-0.1, -0.05) is 36.4 Å². The molecule has 0 heterocycles. The number of benzene rings is 2. The quantitative estimate of drug-likeness (QED) is 0.887. The first-order valence-electron chi connectivity index (χ1n) is 7.24. The van der Waals surface area contributed by atoms with Crippen molar-refractivity contribution in [3.8, 4) is 0 Å². The van der Waals surface area contributed by atoms with Gasteiger partial charge in [-0.2, -0.15) is 0 Å². The lowest BCUT2D eigenvalue weighted by atomic mass is 9.75. The van der Waals surface area contributed by atoms with Gasteiger partial charge < -0.3 is 10.2 Å². The highest BCUT2D eigenvalue weighted by atomic mass is 16.4. The van der Waals surface area contributed by atoms with E-state index < -0.39 is 11.6 Å². The number of rotatable bonds is 2. The SMILES string of the molecule is O=C(O)c1ccc2c(c1)[C@@H]1C[C@H]2[C@@](O)(c2ccccc2)C1.